The lowest BCUT2D eigenvalue weighted by atomic mass is 10.2. The molecule has 1 amide bonds. The monoisotopic (exact) mass is 397 g/mol. The minimum Gasteiger partial charge on any atom is -0.444 e. The number of carbonyl (C=O) groups excluding carboxylic acids is 1. The summed E-state index contributed by atoms with van der Waals surface area (Å²) in [4.78, 5) is 11.4. The highest BCUT2D eigenvalue weighted by molar-refractivity contribution is 7.86. The Morgan fingerprint density at radius 2 is 1.69 bits per heavy atom. The van der Waals surface area contributed by atoms with Crippen LogP contribution in [-0.2, 0) is 19.0 Å². The molecule has 0 aromatic heterocycles. The normalized spacial score (nSPS) is 14.0. The van der Waals surface area contributed by atoms with E-state index in [0.29, 0.717) is 0 Å². The molecular formula is C16H22F3NO5S. The van der Waals surface area contributed by atoms with E-state index in [0.717, 1.165) is 5.56 Å². The third kappa shape index (κ3) is 7.61. The molecule has 0 saturated carbocycles. The largest absolute Gasteiger partial charge is 0.444 e. The van der Waals surface area contributed by atoms with E-state index in [1.165, 1.54) is 32.9 Å². The van der Waals surface area contributed by atoms with E-state index >= 15 is 0 Å². The molecule has 1 aromatic rings. The van der Waals surface area contributed by atoms with Crippen LogP contribution in [-0.4, -0.2) is 38.9 Å². The summed E-state index contributed by atoms with van der Waals surface area (Å²) in [5.41, 5.74) is -0.145. The predicted molar refractivity (Wildman–Crippen MR) is 88.1 cm³/mol. The van der Waals surface area contributed by atoms with Crippen LogP contribution in [0.4, 0.5) is 18.0 Å². The first kappa shape index (κ1) is 22.2. The van der Waals surface area contributed by atoms with E-state index in [4.69, 9.17) is 4.74 Å². The van der Waals surface area contributed by atoms with Crippen LogP contribution in [0, 0.1) is 6.92 Å². The van der Waals surface area contributed by atoms with E-state index in [9.17, 15) is 26.4 Å². The van der Waals surface area contributed by atoms with Crippen molar-refractivity contribution < 1.29 is 35.3 Å². The standard InChI is InChI=1S/C16H22F3NO5S/c1-11-5-7-12(8-6-11)26(22,23)24-10-9-13(16(17,18)19)20-14(21)25-15(2,3)4/h5-8,13H,9-10H2,1-4H3,(H,20,21). The summed E-state index contributed by atoms with van der Waals surface area (Å²) in [5.74, 6) is 0. The fraction of sp³-hybridized carbons (Fsp3) is 0.562. The van der Waals surface area contributed by atoms with Gasteiger partial charge in [-0.1, -0.05) is 17.7 Å². The van der Waals surface area contributed by atoms with Crippen LogP contribution in [0.5, 0.6) is 0 Å². The van der Waals surface area contributed by atoms with Gasteiger partial charge >= 0.3 is 12.3 Å². The number of nitrogens with one attached hydrogen (secondary N) is 1. The molecule has 0 saturated heterocycles. The number of hydrogen-bond acceptors (Lipinski definition) is 5. The first-order valence-electron chi connectivity index (χ1n) is 7.73. The van der Waals surface area contributed by atoms with Crippen molar-refractivity contribution in [2.45, 2.75) is 56.8 Å². The number of carbonyl (C=O) groups is 1. The Morgan fingerprint density at radius 3 is 2.15 bits per heavy atom. The fourth-order valence-corrected chi connectivity index (χ4v) is 2.74. The van der Waals surface area contributed by atoms with Crippen molar-refractivity contribution in [2.24, 2.45) is 0 Å². The summed E-state index contributed by atoms with van der Waals surface area (Å²) in [6, 6.07) is 3.37. The molecule has 26 heavy (non-hydrogen) atoms. The number of benzene rings is 1. The minimum atomic E-state index is -4.78. The molecule has 1 N–H and O–H groups in total. The van der Waals surface area contributed by atoms with Crippen LogP contribution in [0.15, 0.2) is 29.2 Å². The lowest BCUT2D eigenvalue weighted by Gasteiger charge is -2.25. The lowest BCUT2D eigenvalue weighted by Crippen LogP contribution is -2.47. The Morgan fingerprint density at radius 1 is 1.15 bits per heavy atom. The molecule has 10 heteroatoms. The highest BCUT2D eigenvalue weighted by Crippen LogP contribution is 2.24. The third-order valence-electron chi connectivity index (χ3n) is 3.04. The molecule has 1 unspecified atom stereocenters. The van der Waals surface area contributed by atoms with Crippen LogP contribution >= 0.6 is 0 Å². The maximum Gasteiger partial charge on any atom is 0.408 e. The average Bonchev–Trinajstić information content (AvgIpc) is 2.43. The third-order valence-corrected chi connectivity index (χ3v) is 4.37. The van der Waals surface area contributed by atoms with E-state index < -0.39 is 47.1 Å². The second-order valence-corrected chi connectivity index (χ2v) is 8.23. The SMILES string of the molecule is Cc1ccc(S(=O)(=O)OCCC(NC(=O)OC(C)(C)C)C(F)(F)F)cc1. The zero-order valence-corrected chi connectivity index (χ0v) is 15.7. The van der Waals surface area contributed by atoms with Crippen molar-refractivity contribution in [2.75, 3.05) is 6.61 Å². The molecule has 1 rings (SSSR count). The van der Waals surface area contributed by atoms with E-state index in [2.05, 4.69) is 4.18 Å². The van der Waals surface area contributed by atoms with E-state index in [-0.39, 0.29) is 4.90 Å². The number of amides is 1. The van der Waals surface area contributed by atoms with Gasteiger partial charge in [-0.2, -0.15) is 21.6 Å². The summed E-state index contributed by atoms with van der Waals surface area (Å²) in [6.07, 6.45) is -6.82. The zero-order valence-electron chi connectivity index (χ0n) is 14.9. The summed E-state index contributed by atoms with van der Waals surface area (Å²) in [6.45, 7) is 5.52. The lowest BCUT2D eigenvalue weighted by molar-refractivity contribution is -0.157. The minimum absolute atomic E-state index is 0.160. The van der Waals surface area contributed by atoms with Gasteiger partial charge in [0.15, 0.2) is 0 Å². The first-order chi connectivity index (χ1) is 11.7. The van der Waals surface area contributed by atoms with Crippen molar-refractivity contribution in [1.29, 1.82) is 0 Å². The smallest absolute Gasteiger partial charge is 0.408 e. The Balaban J connectivity index is 2.70. The Labute approximate surface area is 150 Å². The van der Waals surface area contributed by atoms with Gasteiger partial charge in [0.1, 0.15) is 11.6 Å². The van der Waals surface area contributed by atoms with Crippen molar-refractivity contribution in [1.82, 2.24) is 5.32 Å². The molecule has 6 nitrogen and oxygen atoms in total. The molecule has 0 aliphatic carbocycles. The molecule has 148 valence electrons. The van der Waals surface area contributed by atoms with Crippen LogP contribution in [0.1, 0.15) is 32.8 Å². The van der Waals surface area contributed by atoms with Crippen molar-refractivity contribution in [3.8, 4) is 0 Å². The number of aryl methyl sites for hydroxylation is 1. The molecular weight excluding hydrogens is 375 g/mol. The zero-order chi connectivity index (χ0) is 20.2. The summed E-state index contributed by atoms with van der Waals surface area (Å²) >= 11 is 0. The second-order valence-electron chi connectivity index (χ2n) is 6.62. The van der Waals surface area contributed by atoms with Gasteiger partial charge in [0, 0.05) is 6.42 Å². The van der Waals surface area contributed by atoms with E-state index in [1.807, 2.05) is 0 Å². The van der Waals surface area contributed by atoms with Crippen molar-refractivity contribution in [3.05, 3.63) is 29.8 Å². The number of rotatable bonds is 6. The van der Waals surface area contributed by atoms with E-state index in [1.54, 1.807) is 24.4 Å². The van der Waals surface area contributed by atoms with Gasteiger partial charge in [-0.25, -0.2) is 4.79 Å². The van der Waals surface area contributed by atoms with Crippen LogP contribution in [0.3, 0.4) is 0 Å². The maximum absolute atomic E-state index is 13.0. The summed E-state index contributed by atoms with van der Waals surface area (Å²) < 4.78 is 72.4. The van der Waals surface area contributed by atoms with Gasteiger partial charge in [0.2, 0.25) is 0 Å². The molecule has 0 radical (unpaired) electrons. The summed E-state index contributed by atoms with van der Waals surface area (Å²) in [5, 5.41) is 1.69. The number of halogens is 3. The average molecular weight is 397 g/mol. The first-order valence-corrected chi connectivity index (χ1v) is 9.14. The van der Waals surface area contributed by atoms with Crippen molar-refractivity contribution in [3.63, 3.8) is 0 Å². The topological polar surface area (TPSA) is 81.7 Å². The molecule has 0 fully saturated rings. The Hall–Kier alpha value is -1.81. The molecule has 0 bridgehead atoms. The number of alkyl carbamates (subject to hydrolysis) is 1. The number of alkyl halides is 3. The maximum atomic E-state index is 13.0. The Kier molecular flexibility index (Phi) is 7.06. The van der Waals surface area contributed by atoms with Gasteiger partial charge < -0.3 is 10.1 Å². The van der Waals surface area contributed by atoms with Gasteiger partial charge in [0.05, 0.1) is 11.5 Å². The van der Waals surface area contributed by atoms with Crippen LogP contribution in [0.25, 0.3) is 0 Å². The predicted octanol–water partition coefficient (Wildman–Crippen LogP) is 3.55. The van der Waals surface area contributed by atoms with Crippen molar-refractivity contribution >= 4 is 16.2 Å². The molecule has 1 aromatic carbocycles. The number of ether oxygens (including phenoxy) is 1. The van der Waals surface area contributed by atoms with Crippen LogP contribution in [0.2, 0.25) is 0 Å². The van der Waals surface area contributed by atoms with Crippen LogP contribution < -0.4 is 5.32 Å². The fourth-order valence-electron chi connectivity index (χ4n) is 1.82. The van der Waals surface area contributed by atoms with Gasteiger partial charge in [-0.05, 0) is 39.8 Å². The van der Waals surface area contributed by atoms with Gasteiger partial charge in [-0.15, -0.1) is 0 Å². The molecule has 0 spiro atoms. The van der Waals surface area contributed by atoms with Gasteiger partial charge in [0.25, 0.3) is 10.1 Å². The highest BCUT2D eigenvalue weighted by atomic mass is 32.2. The summed E-state index contributed by atoms with van der Waals surface area (Å²) in [7, 11) is -4.19. The quantitative estimate of drug-likeness (QED) is 0.743. The molecule has 1 atom stereocenters. The molecule has 0 aliphatic rings. The number of hydrogen-bond donors (Lipinski definition) is 1. The Bertz CT molecular complexity index is 709. The van der Waals surface area contributed by atoms with Gasteiger partial charge in [-0.3, -0.25) is 4.18 Å². The molecule has 0 aliphatic heterocycles. The molecule has 0 heterocycles. The highest BCUT2D eigenvalue weighted by Gasteiger charge is 2.41. The second kappa shape index (κ2) is 8.26.